The van der Waals surface area contributed by atoms with Crippen molar-refractivity contribution < 1.29 is 56.8 Å². The van der Waals surface area contributed by atoms with Crippen LogP contribution in [-0.4, -0.2) is 66.5 Å². The van der Waals surface area contributed by atoms with Gasteiger partial charge in [0.1, 0.15) is 18.4 Å². The average molecular weight is 528 g/mol. The summed E-state index contributed by atoms with van der Waals surface area (Å²) in [5.41, 5.74) is -1.20. The lowest BCUT2D eigenvalue weighted by molar-refractivity contribution is -0.148. The molecule has 0 radical (unpaired) electrons. The van der Waals surface area contributed by atoms with E-state index < -0.39 is 75.9 Å². The van der Waals surface area contributed by atoms with Gasteiger partial charge in [0.25, 0.3) is 5.56 Å². The van der Waals surface area contributed by atoms with Crippen molar-refractivity contribution >= 4 is 21.4 Å². The maximum absolute atomic E-state index is 12.1. The molecule has 0 amide bonds. The molecule has 190 valence electrons. The number of aryl methyl sites for hydroxylation is 1. The van der Waals surface area contributed by atoms with E-state index in [1.54, 1.807) is 0 Å². The number of hydrogen-bond donors (Lipinski definition) is 5. The van der Waals surface area contributed by atoms with E-state index in [0.29, 0.717) is 6.08 Å². The molecular formula is C16H22N2O14P2. The fourth-order valence-corrected chi connectivity index (χ4v) is 5.18. The molecule has 0 spiro atoms. The number of carbonyl (C=O) groups excluding carboxylic acids is 1. The normalized spacial score (nSPS) is 31.0. The molecule has 3 rings (SSSR count). The summed E-state index contributed by atoms with van der Waals surface area (Å²) in [7, 11) is -10.6. The van der Waals surface area contributed by atoms with E-state index >= 15 is 0 Å². The Bertz CT molecular complexity index is 1190. The summed E-state index contributed by atoms with van der Waals surface area (Å²) >= 11 is 0. The van der Waals surface area contributed by atoms with Gasteiger partial charge in [0.05, 0.1) is 12.7 Å². The Morgan fingerprint density at radius 2 is 1.88 bits per heavy atom. The molecule has 0 aliphatic carbocycles. The molecule has 1 aromatic rings. The van der Waals surface area contributed by atoms with Gasteiger partial charge in [-0.15, -0.1) is 0 Å². The van der Waals surface area contributed by atoms with E-state index in [0.717, 1.165) is 4.57 Å². The van der Waals surface area contributed by atoms with Crippen LogP contribution in [0.4, 0.5) is 0 Å². The Balaban J connectivity index is 1.59. The fourth-order valence-electron chi connectivity index (χ4n) is 3.08. The van der Waals surface area contributed by atoms with Crippen molar-refractivity contribution in [3.8, 4) is 0 Å². The first-order valence-electron chi connectivity index (χ1n) is 9.63. The van der Waals surface area contributed by atoms with Crippen molar-refractivity contribution in [3.05, 3.63) is 44.4 Å². The Kier molecular flexibility index (Phi) is 7.79. The maximum Gasteiger partial charge on any atom is 0.483 e. The molecule has 1 aromatic heterocycles. The number of aromatic nitrogens is 2. The number of H-pyrrole nitrogens is 1. The zero-order chi connectivity index (χ0) is 25.4. The molecule has 1 fully saturated rings. The van der Waals surface area contributed by atoms with Crippen LogP contribution in [0, 0.1) is 6.92 Å². The van der Waals surface area contributed by atoms with Crippen LogP contribution in [0.15, 0.2) is 27.6 Å². The number of hydrogen-bond acceptors (Lipinski definition) is 12. The van der Waals surface area contributed by atoms with Crippen molar-refractivity contribution in [3.63, 3.8) is 0 Å². The molecule has 2 aliphatic rings. The van der Waals surface area contributed by atoms with E-state index in [1.807, 2.05) is 0 Å². The summed E-state index contributed by atoms with van der Waals surface area (Å²) in [5.74, 6) is -1.61. The molecule has 0 bridgehead atoms. The predicted molar refractivity (Wildman–Crippen MR) is 108 cm³/mol. The summed E-state index contributed by atoms with van der Waals surface area (Å²) in [5, 5.41) is 19.6. The largest absolute Gasteiger partial charge is 0.504 e. The van der Waals surface area contributed by atoms with Crippen LogP contribution in [0.1, 0.15) is 25.1 Å². The summed E-state index contributed by atoms with van der Waals surface area (Å²) in [4.78, 5) is 56.5. The van der Waals surface area contributed by atoms with Crippen molar-refractivity contribution in [1.82, 2.24) is 9.55 Å². The van der Waals surface area contributed by atoms with Gasteiger partial charge in [-0.05, 0) is 13.8 Å². The van der Waals surface area contributed by atoms with Crippen LogP contribution in [0.2, 0.25) is 0 Å². The average Bonchev–Trinajstić information content (AvgIpc) is 3.06. The second kappa shape index (κ2) is 9.95. The minimum Gasteiger partial charge on any atom is -0.504 e. The molecule has 18 heteroatoms. The highest BCUT2D eigenvalue weighted by Gasteiger charge is 2.42. The standard InChI is InChI=1S/C16H22N2O14P2/c1-7-5-18(16(23)17-15(7)22)12-3-9(19)11(30-12)6-28-33(24,25)32-34(26,27)31-13-4-10(20)14(21)8(2)29-13/h4-5,8-9,11-13,19-20H,3,6H2,1-2H3,(H,24,25)(H,26,27)(H,17,22,23)/t8-,9-,11+,12+,13+/m0/s1. The predicted octanol–water partition coefficient (Wildman–Crippen LogP) is -0.500. The van der Waals surface area contributed by atoms with Crippen LogP contribution < -0.4 is 11.2 Å². The van der Waals surface area contributed by atoms with E-state index in [2.05, 4.69) is 18.3 Å². The van der Waals surface area contributed by atoms with Gasteiger partial charge in [-0.2, -0.15) is 4.31 Å². The van der Waals surface area contributed by atoms with Gasteiger partial charge in [-0.3, -0.25) is 28.2 Å². The van der Waals surface area contributed by atoms with Crippen LogP contribution >= 0.6 is 15.6 Å². The molecule has 34 heavy (non-hydrogen) atoms. The quantitative estimate of drug-likeness (QED) is 0.268. The SMILES string of the molecule is Cc1cn([C@H]2C[C@H](O)[C@@H](COP(=O)(O)OP(=O)(O)O[C@@H]3C=C(O)C(=O)[C@H](C)O3)O2)c(=O)[nH]c1=O. The lowest BCUT2D eigenvalue weighted by atomic mass is 10.2. The molecule has 7 atom stereocenters. The fraction of sp³-hybridized carbons (Fsp3) is 0.562. The first kappa shape index (κ1) is 26.6. The molecule has 2 aliphatic heterocycles. The third-order valence-electron chi connectivity index (χ3n) is 4.76. The second-order valence-corrected chi connectivity index (χ2v) is 10.4. The summed E-state index contributed by atoms with van der Waals surface area (Å²) < 4.78 is 48.8. The first-order chi connectivity index (χ1) is 15.7. The Labute approximate surface area is 190 Å². The number of carbonyl (C=O) groups is 1. The van der Waals surface area contributed by atoms with Crippen LogP contribution in [0.5, 0.6) is 0 Å². The zero-order valence-corrected chi connectivity index (χ0v) is 19.5. The lowest BCUT2D eigenvalue weighted by Gasteiger charge is -2.25. The van der Waals surface area contributed by atoms with Crippen LogP contribution in [0.25, 0.3) is 0 Å². The van der Waals surface area contributed by atoms with Gasteiger partial charge in [0.2, 0.25) is 5.78 Å². The Morgan fingerprint density at radius 1 is 1.21 bits per heavy atom. The number of aliphatic hydroxyl groups is 2. The van der Waals surface area contributed by atoms with Gasteiger partial charge < -0.3 is 29.5 Å². The van der Waals surface area contributed by atoms with E-state index in [1.165, 1.54) is 20.0 Å². The number of rotatable bonds is 8. The van der Waals surface area contributed by atoms with Crippen LogP contribution in [-0.2, 0) is 36.8 Å². The highest BCUT2D eigenvalue weighted by atomic mass is 31.3. The number of phosphoric acid groups is 2. The Morgan fingerprint density at radius 3 is 2.53 bits per heavy atom. The number of nitrogens with one attached hydrogen (secondary N) is 1. The zero-order valence-electron chi connectivity index (χ0n) is 17.7. The van der Waals surface area contributed by atoms with Crippen molar-refractivity contribution in [2.75, 3.05) is 6.61 Å². The molecule has 1 saturated heterocycles. The molecule has 3 heterocycles. The van der Waals surface area contributed by atoms with Gasteiger partial charge in [0, 0.05) is 24.3 Å². The third-order valence-corrected chi connectivity index (χ3v) is 7.36. The minimum atomic E-state index is -5.32. The van der Waals surface area contributed by atoms with Crippen molar-refractivity contribution in [2.24, 2.45) is 0 Å². The van der Waals surface area contributed by atoms with Crippen LogP contribution in [0.3, 0.4) is 0 Å². The topological polar surface area (TPSA) is 233 Å². The molecule has 0 saturated carbocycles. The monoisotopic (exact) mass is 528 g/mol. The number of Topliss-reactive ketones (excluding diaryl/α,β-unsaturated/α-hetero) is 1. The number of aromatic amines is 1. The molecule has 16 nitrogen and oxygen atoms in total. The number of aliphatic hydroxyl groups excluding tert-OH is 2. The lowest BCUT2D eigenvalue weighted by Crippen LogP contribution is -2.33. The number of phosphoric ester groups is 2. The number of nitrogens with zero attached hydrogens (tertiary/aromatic N) is 1. The van der Waals surface area contributed by atoms with E-state index in [-0.39, 0.29) is 12.0 Å². The minimum absolute atomic E-state index is 0.136. The van der Waals surface area contributed by atoms with E-state index in [9.17, 15) is 43.5 Å². The van der Waals surface area contributed by atoms with Crippen molar-refractivity contribution in [2.45, 2.75) is 51.1 Å². The Hall–Kier alpha value is -1.97. The van der Waals surface area contributed by atoms with Gasteiger partial charge in [-0.1, -0.05) is 0 Å². The third kappa shape index (κ3) is 6.37. The molecule has 2 unspecified atom stereocenters. The first-order valence-corrected chi connectivity index (χ1v) is 12.6. The van der Waals surface area contributed by atoms with Gasteiger partial charge in [-0.25, -0.2) is 13.9 Å². The van der Waals surface area contributed by atoms with Gasteiger partial charge >= 0.3 is 21.3 Å². The van der Waals surface area contributed by atoms with Gasteiger partial charge in [0.15, 0.2) is 12.0 Å². The number of ether oxygens (including phenoxy) is 2. The van der Waals surface area contributed by atoms with Crippen molar-refractivity contribution in [1.29, 1.82) is 0 Å². The number of ketones is 1. The molecule has 0 aromatic carbocycles. The molecular weight excluding hydrogens is 506 g/mol. The summed E-state index contributed by atoms with van der Waals surface area (Å²) in [6, 6.07) is 0. The summed E-state index contributed by atoms with van der Waals surface area (Å²) in [6.45, 7) is 1.88. The molecule has 5 N–H and O–H groups in total. The highest BCUT2D eigenvalue weighted by molar-refractivity contribution is 7.61. The van der Waals surface area contributed by atoms with E-state index in [4.69, 9.17) is 9.47 Å². The highest BCUT2D eigenvalue weighted by Crippen LogP contribution is 2.61. The smallest absolute Gasteiger partial charge is 0.483 e. The second-order valence-electron chi connectivity index (χ2n) is 7.39. The maximum atomic E-state index is 12.1. The summed E-state index contributed by atoms with van der Waals surface area (Å²) in [6.07, 6.45) is -4.79.